The van der Waals surface area contributed by atoms with Crippen molar-refractivity contribution in [3.63, 3.8) is 0 Å². The molecule has 12 rings (SSSR count). The Morgan fingerprint density at radius 1 is 0.367 bits per heavy atom. The van der Waals surface area contributed by atoms with Crippen molar-refractivity contribution in [1.29, 1.82) is 0 Å². The summed E-state index contributed by atoms with van der Waals surface area (Å²) in [6.45, 7) is 4.85. The van der Waals surface area contributed by atoms with E-state index in [1.165, 1.54) is 21.5 Å². The van der Waals surface area contributed by atoms with Crippen LogP contribution in [0.3, 0.4) is 0 Å². The SMILES string of the molecule is CCN1C(=O)C2=C(c3ccc4cc(-n5c6ccccc6c6ccccc65)ccc4c3)N(CC)C(=O)C2=C1c1ccc2cc(-n3c4ccccc4c4ccccc43)ccc2c1. The highest BCUT2D eigenvalue weighted by Crippen LogP contribution is 2.47. The first-order chi connectivity index (χ1) is 29.5. The molecule has 0 saturated heterocycles. The summed E-state index contributed by atoms with van der Waals surface area (Å²) < 4.78 is 4.65. The Morgan fingerprint density at radius 3 is 1.03 bits per heavy atom. The number of carbonyl (C=O) groups is 2. The molecular formula is C54H38N4O2. The fourth-order valence-electron chi connectivity index (χ4n) is 10.0. The van der Waals surface area contributed by atoms with E-state index in [-0.39, 0.29) is 11.8 Å². The van der Waals surface area contributed by atoms with Gasteiger partial charge in [-0.15, -0.1) is 0 Å². The second kappa shape index (κ2) is 12.9. The first kappa shape index (κ1) is 34.4. The number of hydrogen-bond acceptors (Lipinski definition) is 2. The minimum atomic E-state index is -0.134. The van der Waals surface area contributed by atoms with Gasteiger partial charge in [0.15, 0.2) is 0 Å². The number of fused-ring (bicyclic) bond motifs is 9. The van der Waals surface area contributed by atoms with E-state index in [9.17, 15) is 9.59 Å². The molecule has 2 aliphatic rings. The molecule has 286 valence electrons. The van der Waals surface area contributed by atoms with Crippen LogP contribution in [-0.4, -0.2) is 43.8 Å². The Balaban J connectivity index is 0.962. The molecule has 0 unspecified atom stereocenters. The van der Waals surface area contributed by atoms with Gasteiger partial charge in [-0.2, -0.15) is 0 Å². The van der Waals surface area contributed by atoms with Gasteiger partial charge in [-0.05, 0) is 107 Å². The summed E-state index contributed by atoms with van der Waals surface area (Å²) in [5.41, 5.74) is 10.9. The van der Waals surface area contributed by atoms with Crippen LogP contribution in [0.25, 0.3) is 87.9 Å². The molecule has 0 atom stereocenters. The zero-order chi connectivity index (χ0) is 40.2. The van der Waals surface area contributed by atoms with Crippen LogP contribution in [0.4, 0.5) is 0 Å². The van der Waals surface area contributed by atoms with E-state index in [4.69, 9.17) is 0 Å². The van der Waals surface area contributed by atoms with Crippen molar-refractivity contribution in [3.8, 4) is 11.4 Å². The summed E-state index contributed by atoms with van der Waals surface area (Å²) in [5, 5.41) is 9.14. The number of rotatable bonds is 6. The standard InChI is InChI=1S/C54H38N4O2/c1-3-55-51(37-23-21-35-31-39(27-25-33(35)29-37)57-45-17-9-5-13-41(45)42-14-6-10-18-46(42)57)49-50(53(55)59)52(56(4-2)54(49)60)38-24-22-36-32-40(28-26-34(36)30-38)58-47-19-11-7-15-43(47)44-16-8-12-20-48(44)58/h5-32H,3-4H2,1-2H3. The van der Waals surface area contributed by atoms with E-state index in [0.29, 0.717) is 35.6 Å². The van der Waals surface area contributed by atoms with Crippen molar-refractivity contribution in [2.75, 3.05) is 13.1 Å². The largest absolute Gasteiger partial charge is 0.309 e. The lowest BCUT2D eigenvalue weighted by Gasteiger charge is -2.24. The van der Waals surface area contributed by atoms with Crippen molar-refractivity contribution >= 4 is 88.4 Å². The van der Waals surface area contributed by atoms with Crippen LogP contribution in [0, 0.1) is 0 Å². The lowest BCUT2D eigenvalue weighted by Crippen LogP contribution is -2.29. The monoisotopic (exact) mass is 774 g/mol. The predicted octanol–water partition coefficient (Wildman–Crippen LogP) is 12.0. The Labute approximate surface area is 346 Å². The molecule has 2 amide bonds. The molecular weight excluding hydrogens is 737 g/mol. The van der Waals surface area contributed by atoms with Crippen LogP contribution in [0.15, 0.2) is 181 Å². The molecule has 0 bridgehead atoms. The summed E-state index contributed by atoms with van der Waals surface area (Å²) in [6.07, 6.45) is 0. The Kier molecular flexibility index (Phi) is 7.39. The fourth-order valence-corrected chi connectivity index (χ4v) is 10.0. The highest BCUT2D eigenvalue weighted by Gasteiger charge is 2.48. The van der Waals surface area contributed by atoms with Crippen molar-refractivity contribution in [1.82, 2.24) is 18.9 Å². The van der Waals surface area contributed by atoms with Crippen LogP contribution < -0.4 is 0 Å². The summed E-state index contributed by atoms with van der Waals surface area (Å²) in [4.78, 5) is 32.6. The van der Waals surface area contributed by atoms with Gasteiger partial charge in [0.2, 0.25) is 0 Å². The molecule has 60 heavy (non-hydrogen) atoms. The van der Waals surface area contributed by atoms with Gasteiger partial charge in [0.05, 0.1) is 44.6 Å². The first-order valence-electron chi connectivity index (χ1n) is 20.7. The summed E-state index contributed by atoms with van der Waals surface area (Å²) in [6, 6.07) is 59.8. The molecule has 8 aromatic carbocycles. The second-order valence-corrected chi connectivity index (χ2v) is 15.8. The Morgan fingerprint density at radius 2 is 0.683 bits per heavy atom. The van der Waals surface area contributed by atoms with E-state index in [1.807, 2.05) is 13.8 Å². The third-order valence-corrected chi connectivity index (χ3v) is 12.7. The number of nitrogens with zero attached hydrogens (tertiary/aromatic N) is 4. The number of hydrogen-bond donors (Lipinski definition) is 0. The first-order valence-corrected chi connectivity index (χ1v) is 20.7. The molecule has 2 aliphatic heterocycles. The number of para-hydroxylation sites is 4. The molecule has 0 saturated carbocycles. The van der Waals surface area contributed by atoms with Crippen LogP contribution in [0.2, 0.25) is 0 Å². The third-order valence-electron chi connectivity index (χ3n) is 12.7. The van der Waals surface area contributed by atoms with Crippen molar-refractivity contribution in [2.45, 2.75) is 13.8 Å². The molecule has 0 fully saturated rings. The maximum atomic E-state index is 14.5. The number of likely N-dealkylation sites (N-methyl/N-ethyl adjacent to an activating group) is 2. The zero-order valence-electron chi connectivity index (χ0n) is 33.2. The van der Waals surface area contributed by atoms with Gasteiger partial charge in [0.25, 0.3) is 11.8 Å². The predicted molar refractivity (Wildman–Crippen MR) is 245 cm³/mol. The number of carbonyl (C=O) groups excluding carboxylic acids is 2. The topological polar surface area (TPSA) is 50.5 Å². The summed E-state index contributed by atoms with van der Waals surface area (Å²) >= 11 is 0. The highest BCUT2D eigenvalue weighted by molar-refractivity contribution is 6.30. The van der Waals surface area contributed by atoms with E-state index in [2.05, 4.69) is 179 Å². The molecule has 10 aromatic rings. The Hall–Kier alpha value is -7.70. The van der Waals surface area contributed by atoms with Gasteiger partial charge >= 0.3 is 0 Å². The molecule has 6 heteroatoms. The van der Waals surface area contributed by atoms with Gasteiger partial charge in [0, 0.05) is 46.0 Å². The third kappa shape index (κ3) is 4.76. The fraction of sp³-hybridized carbons (Fsp3) is 0.0741. The van der Waals surface area contributed by atoms with Gasteiger partial charge in [0.1, 0.15) is 0 Å². The minimum Gasteiger partial charge on any atom is -0.309 e. The Bertz CT molecular complexity index is 3240. The van der Waals surface area contributed by atoms with Crippen LogP contribution in [-0.2, 0) is 9.59 Å². The van der Waals surface area contributed by atoms with E-state index in [0.717, 1.165) is 66.1 Å². The van der Waals surface area contributed by atoms with E-state index < -0.39 is 0 Å². The minimum absolute atomic E-state index is 0.134. The van der Waals surface area contributed by atoms with Crippen molar-refractivity contribution < 1.29 is 9.59 Å². The summed E-state index contributed by atoms with van der Waals surface area (Å²) in [5.74, 6) is -0.268. The van der Waals surface area contributed by atoms with Crippen LogP contribution in [0.1, 0.15) is 25.0 Å². The lowest BCUT2D eigenvalue weighted by molar-refractivity contribution is -0.124. The molecule has 4 heterocycles. The lowest BCUT2D eigenvalue weighted by atomic mass is 9.98. The molecule has 6 nitrogen and oxygen atoms in total. The highest BCUT2D eigenvalue weighted by atomic mass is 16.2. The molecule has 0 spiro atoms. The number of amides is 2. The van der Waals surface area contributed by atoms with Crippen molar-refractivity contribution in [3.05, 3.63) is 192 Å². The van der Waals surface area contributed by atoms with E-state index >= 15 is 0 Å². The van der Waals surface area contributed by atoms with Gasteiger partial charge < -0.3 is 18.9 Å². The number of aromatic nitrogens is 2. The maximum Gasteiger partial charge on any atom is 0.261 e. The summed E-state index contributed by atoms with van der Waals surface area (Å²) in [7, 11) is 0. The van der Waals surface area contributed by atoms with Gasteiger partial charge in [-0.1, -0.05) is 109 Å². The molecule has 0 N–H and O–H groups in total. The van der Waals surface area contributed by atoms with Gasteiger partial charge in [-0.3, -0.25) is 9.59 Å². The average molecular weight is 775 g/mol. The molecule has 0 aliphatic carbocycles. The average Bonchev–Trinajstić information content (AvgIpc) is 4.00. The van der Waals surface area contributed by atoms with Crippen LogP contribution in [0.5, 0.6) is 0 Å². The van der Waals surface area contributed by atoms with Gasteiger partial charge in [-0.25, -0.2) is 0 Å². The number of benzene rings is 8. The van der Waals surface area contributed by atoms with E-state index in [1.54, 1.807) is 9.80 Å². The molecule has 0 radical (unpaired) electrons. The normalized spacial score (nSPS) is 14.5. The maximum absolute atomic E-state index is 14.5. The second-order valence-electron chi connectivity index (χ2n) is 15.8. The smallest absolute Gasteiger partial charge is 0.261 e. The molecule has 2 aromatic heterocycles. The van der Waals surface area contributed by atoms with Crippen LogP contribution >= 0.6 is 0 Å². The quantitative estimate of drug-likeness (QED) is 0.169. The van der Waals surface area contributed by atoms with Crippen molar-refractivity contribution in [2.24, 2.45) is 0 Å². The zero-order valence-corrected chi connectivity index (χ0v) is 33.2.